The minimum Gasteiger partial charge on any atom is -0.462 e. The Morgan fingerprint density at radius 1 is 1.35 bits per heavy atom. The number of halogens is 1. The SMILES string of the molecule is CCOC(=O)c1c(C)oc2cc(Cl)c(OC(C)=O)cc12. The lowest BCUT2D eigenvalue weighted by atomic mass is 10.1. The summed E-state index contributed by atoms with van der Waals surface area (Å²) in [5, 5.41) is 0.735. The summed E-state index contributed by atoms with van der Waals surface area (Å²) in [5.41, 5.74) is 0.748. The minimum absolute atomic E-state index is 0.179. The third kappa shape index (κ3) is 2.63. The van der Waals surface area contributed by atoms with Crippen LogP contribution in [0.15, 0.2) is 16.5 Å². The third-order valence-corrected chi connectivity index (χ3v) is 2.95. The first-order valence-corrected chi connectivity index (χ1v) is 6.40. The Labute approximate surface area is 120 Å². The predicted octanol–water partition coefficient (Wildman–Crippen LogP) is 3.50. The first-order valence-electron chi connectivity index (χ1n) is 6.02. The number of esters is 2. The van der Waals surface area contributed by atoms with Crippen LogP contribution >= 0.6 is 11.6 Å². The van der Waals surface area contributed by atoms with Crippen LogP contribution in [-0.4, -0.2) is 18.5 Å². The van der Waals surface area contributed by atoms with E-state index in [2.05, 4.69) is 0 Å². The number of hydrogen-bond acceptors (Lipinski definition) is 5. The summed E-state index contributed by atoms with van der Waals surface area (Å²) in [6, 6.07) is 3.01. The molecule has 5 nitrogen and oxygen atoms in total. The van der Waals surface area contributed by atoms with Gasteiger partial charge in [-0.1, -0.05) is 11.6 Å². The van der Waals surface area contributed by atoms with Crippen molar-refractivity contribution >= 4 is 34.5 Å². The van der Waals surface area contributed by atoms with Gasteiger partial charge in [-0.3, -0.25) is 4.79 Å². The molecule has 0 atom stereocenters. The number of rotatable bonds is 3. The normalized spacial score (nSPS) is 10.6. The van der Waals surface area contributed by atoms with Crippen molar-refractivity contribution in [2.24, 2.45) is 0 Å². The smallest absolute Gasteiger partial charge is 0.342 e. The van der Waals surface area contributed by atoms with Gasteiger partial charge in [0.2, 0.25) is 0 Å². The summed E-state index contributed by atoms with van der Waals surface area (Å²) in [6.45, 7) is 4.91. The van der Waals surface area contributed by atoms with Crippen LogP contribution in [0.3, 0.4) is 0 Å². The van der Waals surface area contributed by atoms with Crippen LogP contribution in [0.1, 0.15) is 30.0 Å². The second-order valence-electron chi connectivity index (χ2n) is 4.13. The number of carbonyl (C=O) groups excluding carboxylic acids is 2. The van der Waals surface area contributed by atoms with Crippen LogP contribution < -0.4 is 4.74 Å². The zero-order valence-corrected chi connectivity index (χ0v) is 12.0. The van der Waals surface area contributed by atoms with Gasteiger partial charge in [-0.2, -0.15) is 0 Å². The van der Waals surface area contributed by atoms with Crippen LogP contribution in [0.2, 0.25) is 5.02 Å². The van der Waals surface area contributed by atoms with Crippen molar-refractivity contribution in [3.05, 3.63) is 28.5 Å². The van der Waals surface area contributed by atoms with E-state index < -0.39 is 11.9 Å². The maximum atomic E-state index is 11.9. The molecule has 0 aliphatic carbocycles. The van der Waals surface area contributed by atoms with Gasteiger partial charge in [0.05, 0.1) is 11.6 Å². The van der Waals surface area contributed by atoms with Gasteiger partial charge >= 0.3 is 11.9 Å². The second-order valence-corrected chi connectivity index (χ2v) is 4.53. The summed E-state index contributed by atoms with van der Waals surface area (Å²) < 4.78 is 15.5. The average Bonchev–Trinajstić information content (AvgIpc) is 2.64. The van der Waals surface area contributed by atoms with E-state index in [0.29, 0.717) is 22.3 Å². The van der Waals surface area contributed by atoms with E-state index in [1.165, 1.54) is 19.1 Å². The molecule has 0 saturated carbocycles. The van der Waals surface area contributed by atoms with E-state index in [9.17, 15) is 9.59 Å². The van der Waals surface area contributed by atoms with Gasteiger partial charge in [0.25, 0.3) is 0 Å². The highest BCUT2D eigenvalue weighted by atomic mass is 35.5. The summed E-state index contributed by atoms with van der Waals surface area (Å²) in [6.07, 6.45) is 0. The fraction of sp³-hybridized carbons (Fsp3) is 0.286. The fourth-order valence-corrected chi connectivity index (χ4v) is 2.10. The molecule has 0 aliphatic rings. The fourth-order valence-electron chi connectivity index (χ4n) is 1.91. The minimum atomic E-state index is -0.496. The molecule has 1 aromatic heterocycles. The Hall–Kier alpha value is -2.01. The largest absolute Gasteiger partial charge is 0.462 e. The zero-order chi connectivity index (χ0) is 14.9. The summed E-state index contributed by atoms with van der Waals surface area (Å²) >= 11 is 6.00. The van der Waals surface area contributed by atoms with Crippen LogP contribution in [0.4, 0.5) is 0 Å². The Morgan fingerprint density at radius 3 is 2.65 bits per heavy atom. The highest BCUT2D eigenvalue weighted by Gasteiger charge is 2.21. The molecule has 2 rings (SSSR count). The van der Waals surface area contributed by atoms with Crippen molar-refractivity contribution < 1.29 is 23.5 Å². The Balaban J connectivity index is 2.61. The van der Waals surface area contributed by atoms with Gasteiger partial charge in [0, 0.05) is 18.4 Å². The van der Waals surface area contributed by atoms with Gasteiger partial charge in [0.1, 0.15) is 22.7 Å². The predicted molar refractivity (Wildman–Crippen MR) is 73.2 cm³/mol. The number of furan rings is 1. The maximum Gasteiger partial charge on any atom is 0.342 e. The van der Waals surface area contributed by atoms with E-state index >= 15 is 0 Å². The van der Waals surface area contributed by atoms with E-state index in [1.807, 2.05) is 0 Å². The van der Waals surface area contributed by atoms with E-state index in [-0.39, 0.29) is 17.4 Å². The molecular weight excluding hydrogens is 284 g/mol. The number of fused-ring (bicyclic) bond motifs is 1. The second kappa shape index (κ2) is 5.54. The van der Waals surface area contributed by atoms with E-state index in [1.54, 1.807) is 13.8 Å². The molecule has 0 aliphatic heterocycles. The van der Waals surface area contributed by atoms with Crippen LogP contribution in [0.5, 0.6) is 5.75 Å². The molecule has 106 valence electrons. The molecule has 0 unspecified atom stereocenters. The highest BCUT2D eigenvalue weighted by molar-refractivity contribution is 6.33. The van der Waals surface area contributed by atoms with Gasteiger partial charge in [-0.05, 0) is 19.9 Å². The quantitative estimate of drug-likeness (QED) is 0.640. The zero-order valence-electron chi connectivity index (χ0n) is 11.3. The summed E-state index contributed by atoms with van der Waals surface area (Å²) in [4.78, 5) is 23.0. The van der Waals surface area contributed by atoms with Crippen molar-refractivity contribution in [2.75, 3.05) is 6.61 Å². The molecule has 1 aromatic carbocycles. The molecule has 20 heavy (non-hydrogen) atoms. The van der Waals surface area contributed by atoms with Crippen molar-refractivity contribution in [1.82, 2.24) is 0 Å². The standard InChI is InChI=1S/C14H13ClO5/c1-4-18-14(17)13-7(2)19-11-6-10(15)12(5-9(11)13)20-8(3)16/h5-6H,4H2,1-3H3. The monoisotopic (exact) mass is 296 g/mol. The molecular formula is C14H13ClO5. The molecule has 2 aromatic rings. The number of aryl methyl sites for hydroxylation is 1. The van der Waals surface area contributed by atoms with Gasteiger partial charge in [-0.15, -0.1) is 0 Å². The van der Waals surface area contributed by atoms with Gasteiger partial charge in [0.15, 0.2) is 0 Å². The lowest BCUT2D eigenvalue weighted by Gasteiger charge is -2.04. The number of carbonyl (C=O) groups is 2. The molecule has 1 heterocycles. The average molecular weight is 297 g/mol. The van der Waals surface area contributed by atoms with Crippen LogP contribution in [0.25, 0.3) is 11.0 Å². The topological polar surface area (TPSA) is 65.7 Å². The Bertz CT molecular complexity index is 686. The first-order chi connectivity index (χ1) is 9.43. The molecule has 0 saturated heterocycles. The molecule has 0 fully saturated rings. The molecule has 0 bridgehead atoms. The molecule has 0 N–H and O–H groups in total. The number of hydrogen-bond donors (Lipinski definition) is 0. The van der Waals surface area contributed by atoms with Crippen LogP contribution in [-0.2, 0) is 9.53 Å². The summed E-state index contributed by atoms with van der Waals surface area (Å²) in [7, 11) is 0. The van der Waals surface area contributed by atoms with Gasteiger partial charge in [-0.25, -0.2) is 4.79 Å². The number of ether oxygens (including phenoxy) is 2. The molecule has 6 heteroatoms. The Morgan fingerprint density at radius 2 is 2.05 bits per heavy atom. The van der Waals surface area contributed by atoms with Crippen molar-refractivity contribution in [2.45, 2.75) is 20.8 Å². The molecule has 0 spiro atoms. The van der Waals surface area contributed by atoms with E-state index in [0.717, 1.165) is 0 Å². The Kier molecular flexibility index (Phi) is 3.99. The van der Waals surface area contributed by atoms with Crippen molar-refractivity contribution in [3.8, 4) is 5.75 Å². The van der Waals surface area contributed by atoms with Crippen molar-refractivity contribution in [3.63, 3.8) is 0 Å². The molecule has 0 radical (unpaired) electrons. The number of benzene rings is 1. The third-order valence-electron chi connectivity index (χ3n) is 2.65. The first kappa shape index (κ1) is 14.4. The maximum absolute atomic E-state index is 11.9. The highest BCUT2D eigenvalue weighted by Crippen LogP contribution is 2.35. The van der Waals surface area contributed by atoms with Gasteiger partial charge < -0.3 is 13.9 Å². The lowest BCUT2D eigenvalue weighted by molar-refractivity contribution is -0.131. The van der Waals surface area contributed by atoms with Crippen LogP contribution in [0, 0.1) is 6.92 Å². The lowest BCUT2D eigenvalue weighted by Crippen LogP contribution is -2.05. The summed E-state index contributed by atoms with van der Waals surface area (Å²) in [5.74, 6) is -0.378. The van der Waals surface area contributed by atoms with Crippen molar-refractivity contribution in [1.29, 1.82) is 0 Å². The molecule has 0 amide bonds. The van der Waals surface area contributed by atoms with E-state index in [4.69, 9.17) is 25.5 Å².